The van der Waals surface area contributed by atoms with E-state index < -0.39 is 10.0 Å². The number of rotatable bonds is 5. The van der Waals surface area contributed by atoms with E-state index in [2.05, 4.69) is 30.6 Å². The van der Waals surface area contributed by atoms with Gasteiger partial charge in [-0.05, 0) is 47.8 Å². The molecule has 2 rings (SSSR count). The first-order chi connectivity index (χ1) is 9.83. The van der Waals surface area contributed by atoms with Crippen LogP contribution in [0.1, 0.15) is 24.7 Å². The third-order valence-corrected chi connectivity index (χ3v) is 5.04. The molecule has 8 heteroatoms. The molecule has 0 amide bonds. The lowest BCUT2D eigenvalue weighted by molar-refractivity contribution is 0.597. The molecule has 0 aliphatic carbocycles. The first-order valence-electron chi connectivity index (χ1n) is 6.52. The van der Waals surface area contributed by atoms with Crippen LogP contribution in [0.25, 0.3) is 0 Å². The van der Waals surface area contributed by atoms with Gasteiger partial charge in [0.05, 0.1) is 11.9 Å². The minimum atomic E-state index is -3.70. The van der Waals surface area contributed by atoms with Crippen LogP contribution in [0.2, 0.25) is 0 Å². The minimum absolute atomic E-state index is 0.0222. The molecule has 0 saturated carbocycles. The Morgan fingerprint density at radius 2 is 2.10 bits per heavy atom. The standard InChI is InChI=1S/C13H17BrN4O2S/c1-4-5-18-8-12(16-10(18)3)21(19,20)17-11-6-9(2)13(14)15-7-11/h6-8,17H,4-5H2,1-3H3. The number of hydrogen-bond acceptors (Lipinski definition) is 4. The molecule has 0 atom stereocenters. The predicted octanol–water partition coefficient (Wildman–Crippen LogP) is 2.87. The summed E-state index contributed by atoms with van der Waals surface area (Å²) < 4.78 is 29.7. The second-order valence-electron chi connectivity index (χ2n) is 4.76. The highest BCUT2D eigenvalue weighted by atomic mass is 79.9. The third-order valence-electron chi connectivity index (χ3n) is 2.96. The number of imidazole rings is 1. The summed E-state index contributed by atoms with van der Waals surface area (Å²) in [6, 6.07) is 1.71. The topological polar surface area (TPSA) is 76.9 Å². The first kappa shape index (κ1) is 16.0. The van der Waals surface area contributed by atoms with Crippen molar-refractivity contribution in [3.05, 3.63) is 34.5 Å². The van der Waals surface area contributed by atoms with Gasteiger partial charge in [-0.15, -0.1) is 0 Å². The molecule has 0 fully saturated rings. The largest absolute Gasteiger partial charge is 0.334 e. The van der Waals surface area contributed by atoms with Gasteiger partial charge in [-0.2, -0.15) is 8.42 Å². The van der Waals surface area contributed by atoms with Crippen molar-refractivity contribution in [2.75, 3.05) is 4.72 Å². The van der Waals surface area contributed by atoms with Crippen LogP contribution in [-0.2, 0) is 16.6 Å². The summed E-state index contributed by atoms with van der Waals surface area (Å²) in [5.41, 5.74) is 1.27. The fourth-order valence-electron chi connectivity index (χ4n) is 1.90. The van der Waals surface area contributed by atoms with Gasteiger partial charge in [-0.25, -0.2) is 9.97 Å². The number of pyridine rings is 1. The summed E-state index contributed by atoms with van der Waals surface area (Å²) in [5, 5.41) is 0.0222. The van der Waals surface area contributed by atoms with Crippen molar-refractivity contribution < 1.29 is 8.42 Å². The van der Waals surface area contributed by atoms with Crippen LogP contribution in [0.4, 0.5) is 5.69 Å². The number of aryl methyl sites for hydroxylation is 3. The van der Waals surface area contributed by atoms with Crippen molar-refractivity contribution in [3.8, 4) is 0 Å². The van der Waals surface area contributed by atoms with Crippen LogP contribution in [0.5, 0.6) is 0 Å². The van der Waals surface area contributed by atoms with Gasteiger partial charge < -0.3 is 4.57 Å². The zero-order valence-electron chi connectivity index (χ0n) is 12.1. The molecule has 0 bridgehead atoms. The number of sulfonamides is 1. The van der Waals surface area contributed by atoms with E-state index in [1.807, 2.05) is 18.4 Å². The van der Waals surface area contributed by atoms with Crippen LogP contribution in [0, 0.1) is 13.8 Å². The summed E-state index contributed by atoms with van der Waals surface area (Å²) >= 11 is 3.28. The predicted molar refractivity (Wildman–Crippen MR) is 84.7 cm³/mol. The minimum Gasteiger partial charge on any atom is -0.334 e. The Bertz CT molecular complexity index is 756. The Hall–Kier alpha value is -1.41. The molecule has 2 heterocycles. The molecular weight excluding hydrogens is 356 g/mol. The summed E-state index contributed by atoms with van der Waals surface area (Å²) in [4.78, 5) is 8.19. The molecular formula is C13H17BrN4O2S. The van der Waals surface area contributed by atoms with Gasteiger partial charge in [0.2, 0.25) is 0 Å². The number of halogens is 1. The molecule has 21 heavy (non-hydrogen) atoms. The maximum Gasteiger partial charge on any atom is 0.281 e. The summed E-state index contributed by atoms with van der Waals surface area (Å²) in [6.07, 6.45) is 3.94. The number of nitrogens with zero attached hydrogens (tertiary/aromatic N) is 3. The lowest BCUT2D eigenvalue weighted by Gasteiger charge is -2.06. The average molecular weight is 373 g/mol. The van der Waals surface area contributed by atoms with Crippen LogP contribution in [-0.4, -0.2) is 23.0 Å². The molecule has 2 aromatic heterocycles. The van der Waals surface area contributed by atoms with Gasteiger partial charge in [0.1, 0.15) is 10.4 Å². The van der Waals surface area contributed by atoms with Crippen LogP contribution in [0.3, 0.4) is 0 Å². The van der Waals surface area contributed by atoms with E-state index in [1.165, 1.54) is 6.20 Å². The highest BCUT2D eigenvalue weighted by Crippen LogP contribution is 2.20. The summed E-state index contributed by atoms with van der Waals surface area (Å²) in [6.45, 7) is 6.41. The highest BCUT2D eigenvalue weighted by Gasteiger charge is 2.19. The van der Waals surface area contributed by atoms with E-state index in [9.17, 15) is 8.42 Å². The lowest BCUT2D eigenvalue weighted by Crippen LogP contribution is -2.13. The molecule has 1 N–H and O–H groups in total. The quantitative estimate of drug-likeness (QED) is 0.818. The summed E-state index contributed by atoms with van der Waals surface area (Å²) in [7, 11) is -3.70. The molecule has 0 unspecified atom stereocenters. The Balaban J connectivity index is 2.29. The van der Waals surface area contributed by atoms with Crippen LogP contribution in [0.15, 0.2) is 28.1 Å². The highest BCUT2D eigenvalue weighted by molar-refractivity contribution is 9.10. The fraction of sp³-hybridized carbons (Fsp3) is 0.385. The van der Waals surface area contributed by atoms with Crippen molar-refractivity contribution >= 4 is 31.6 Å². The van der Waals surface area contributed by atoms with Gasteiger partial charge in [0.25, 0.3) is 10.0 Å². The van der Waals surface area contributed by atoms with Gasteiger partial charge in [0.15, 0.2) is 5.03 Å². The van der Waals surface area contributed by atoms with Crippen molar-refractivity contribution in [3.63, 3.8) is 0 Å². The molecule has 0 aliphatic rings. The zero-order chi connectivity index (χ0) is 15.6. The maximum absolute atomic E-state index is 12.3. The zero-order valence-corrected chi connectivity index (χ0v) is 14.5. The SMILES string of the molecule is CCCn1cc(S(=O)(=O)Nc2cnc(Br)c(C)c2)nc1C. The van der Waals surface area contributed by atoms with Gasteiger partial charge >= 0.3 is 0 Å². The average Bonchev–Trinajstić information content (AvgIpc) is 2.77. The number of anilines is 1. The molecule has 114 valence electrons. The Morgan fingerprint density at radius 3 is 2.71 bits per heavy atom. The fourth-order valence-corrected chi connectivity index (χ4v) is 3.16. The van der Waals surface area contributed by atoms with Crippen molar-refractivity contribution in [1.82, 2.24) is 14.5 Å². The molecule has 2 aromatic rings. The third kappa shape index (κ3) is 3.62. The van der Waals surface area contributed by atoms with E-state index in [1.54, 1.807) is 19.2 Å². The van der Waals surface area contributed by atoms with Gasteiger partial charge in [-0.3, -0.25) is 4.72 Å². The molecule has 6 nitrogen and oxygen atoms in total. The normalized spacial score (nSPS) is 11.6. The Morgan fingerprint density at radius 1 is 1.38 bits per heavy atom. The second kappa shape index (κ2) is 6.15. The van der Waals surface area contributed by atoms with E-state index in [4.69, 9.17) is 0 Å². The molecule has 0 aromatic carbocycles. The van der Waals surface area contributed by atoms with Crippen molar-refractivity contribution in [1.29, 1.82) is 0 Å². The maximum atomic E-state index is 12.3. The number of nitrogens with one attached hydrogen (secondary N) is 1. The Kier molecular flexibility index (Phi) is 4.67. The lowest BCUT2D eigenvalue weighted by atomic mass is 10.3. The smallest absolute Gasteiger partial charge is 0.281 e. The molecule has 0 saturated heterocycles. The van der Waals surface area contributed by atoms with Crippen molar-refractivity contribution in [2.24, 2.45) is 0 Å². The van der Waals surface area contributed by atoms with E-state index in [0.717, 1.165) is 18.5 Å². The second-order valence-corrected chi connectivity index (χ2v) is 7.14. The van der Waals surface area contributed by atoms with E-state index >= 15 is 0 Å². The molecule has 0 spiro atoms. The monoisotopic (exact) mass is 372 g/mol. The number of aromatic nitrogens is 3. The Labute approximate surface area is 132 Å². The van der Waals surface area contributed by atoms with Gasteiger partial charge in [-0.1, -0.05) is 6.92 Å². The first-order valence-corrected chi connectivity index (χ1v) is 8.80. The van der Waals surface area contributed by atoms with Crippen molar-refractivity contribution in [2.45, 2.75) is 38.8 Å². The van der Waals surface area contributed by atoms with E-state index in [0.29, 0.717) is 16.1 Å². The summed E-state index contributed by atoms with van der Waals surface area (Å²) in [5.74, 6) is 0.683. The molecule has 0 radical (unpaired) electrons. The van der Waals surface area contributed by atoms with Crippen LogP contribution < -0.4 is 4.72 Å². The molecule has 0 aliphatic heterocycles. The van der Waals surface area contributed by atoms with E-state index in [-0.39, 0.29) is 5.03 Å². The van der Waals surface area contributed by atoms with Crippen LogP contribution >= 0.6 is 15.9 Å². The van der Waals surface area contributed by atoms with Gasteiger partial charge in [0, 0.05) is 12.7 Å². The number of hydrogen-bond donors (Lipinski definition) is 1.